The first-order valence-corrected chi connectivity index (χ1v) is 10.1. The van der Waals surface area contributed by atoms with Gasteiger partial charge in [-0.2, -0.15) is 0 Å². The summed E-state index contributed by atoms with van der Waals surface area (Å²) in [6.07, 6.45) is 5.09. The number of pyridine rings is 1. The first kappa shape index (κ1) is 19.8. The number of anilines is 1. The van der Waals surface area contributed by atoms with Gasteiger partial charge in [-0.25, -0.2) is 9.78 Å². The third kappa shape index (κ3) is 6.01. The van der Waals surface area contributed by atoms with Crippen LogP contribution in [0.1, 0.15) is 36.1 Å². The molecular weight excluding hydrogens is 383 g/mol. The summed E-state index contributed by atoms with van der Waals surface area (Å²) in [5.41, 5.74) is 3.32. The molecule has 0 atom stereocenters. The fraction of sp³-hybridized carbons (Fsp3) is 0.400. The number of fused-ring (bicyclic) bond motifs is 1. The number of carbonyl (C=O) groups excluding carboxylic acids is 1. The lowest BCUT2D eigenvalue weighted by Gasteiger charge is -2.17. The Kier molecular flexibility index (Phi) is 7.18. The zero-order chi connectivity index (χ0) is 19.1. The highest BCUT2D eigenvalue weighted by Gasteiger charge is 2.10. The van der Waals surface area contributed by atoms with Crippen LogP contribution < -0.4 is 16.0 Å². The number of rotatable bonds is 7. The maximum Gasteiger partial charge on any atom is 0.315 e. The minimum absolute atomic E-state index is 0.183. The Labute approximate surface area is 169 Å². The number of hydrogen-bond acceptors (Lipinski definition) is 3. The van der Waals surface area contributed by atoms with E-state index in [0.717, 1.165) is 49.3 Å². The molecule has 1 aliphatic rings. The molecule has 1 aromatic heterocycles. The monoisotopic (exact) mass is 406 g/mol. The molecule has 0 aliphatic carbocycles. The maximum atomic E-state index is 11.9. The topological polar surface area (TPSA) is 66.0 Å². The number of urea groups is 1. The molecule has 2 aromatic rings. The Balaban J connectivity index is 1.31. The van der Waals surface area contributed by atoms with Crippen LogP contribution in [0.3, 0.4) is 0 Å². The quantitative estimate of drug-likeness (QED) is 0.589. The van der Waals surface area contributed by atoms with E-state index in [4.69, 9.17) is 28.2 Å². The van der Waals surface area contributed by atoms with Crippen molar-refractivity contribution in [2.24, 2.45) is 0 Å². The van der Waals surface area contributed by atoms with Crippen molar-refractivity contribution in [3.05, 3.63) is 57.2 Å². The van der Waals surface area contributed by atoms with Crippen molar-refractivity contribution in [1.82, 2.24) is 15.6 Å². The molecule has 1 aromatic carbocycles. The highest BCUT2D eigenvalue weighted by Crippen LogP contribution is 2.22. The first-order valence-electron chi connectivity index (χ1n) is 9.30. The summed E-state index contributed by atoms with van der Waals surface area (Å²) in [6, 6.07) is 9.43. The lowest BCUT2D eigenvalue weighted by molar-refractivity contribution is 0.240. The van der Waals surface area contributed by atoms with E-state index in [1.807, 2.05) is 6.07 Å². The van der Waals surface area contributed by atoms with E-state index in [0.29, 0.717) is 23.1 Å². The van der Waals surface area contributed by atoms with E-state index in [9.17, 15) is 4.79 Å². The number of benzene rings is 1. The molecule has 0 radical (unpaired) electrons. The minimum atomic E-state index is -0.183. The van der Waals surface area contributed by atoms with Gasteiger partial charge in [0, 0.05) is 25.3 Å². The summed E-state index contributed by atoms with van der Waals surface area (Å²) in [6.45, 7) is 2.05. The second kappa shape index (κ2) is 9.81. The zero-order valence-corrected chi connectivity index (χ0v) is 16.7. The van der Waals surface area contributed by atoms with E-state index in [-0.39, 0.29) is 6.03 Å². The van der Waals surface area contributed by atoms with E-state index < -0.39 is 0 Å². The molecule has 144 valence electrons. The van der Waals surface area contributed by atoms with Gasteiger partial charge < -0.3 is 16.0 Å². The highest BCUT2D eigenvalue weighted by atomic mass is 35.5. The number of aromatic nitrogens is 1. The molecule has 0 bridgehead atoms. The number of aryl methyl sites for hydroxylation is 2. The molecule has 3 rings (SSSR count). The number of halogens is 2. The van der Waals surface area contributed by atoms with E-state index in [1.165, 1.54) is 12.0 Å². The smallest absolute Gasteiger partial charge is 0.315 e. The molecule has 5 nitrogen and oxygen atoms in total. The van der Waals surface area contributed by atoms with Crippen molar-refractivity contribution < 1.29 is 4.79 Å². The summed E-state index contributed by atoms with van der Waals surface area (Å²) >= 11 is 11.8. The number of carbonyl (C=O) groups is 1. The Bertz CT molecular complexity index is 798. The van der Waals surface area contributed by atoms with Gasteiger partial charge in [0.25, 0.3) is 0 Å². The SMILES string of the molecule is O=C(NCCCCc1ccc2c(n1)NCCC2)NCc1ccc(Cl)c(Cl)c1. The van der Waals surface area contributed by atoms with Crippen molar-refractivity contribution in [2.75, 3.05) is 18.4 Å². The number of amides is 2. The Morgan fingerprint density at radius 3 is 2.85 bits per heavy atom. The molecule has 3 N–H and O–H groups in total. The van der Waals surface area contributed by atoms with Gasteiger partial charge in [0.05, 0.1) is 10.0 Å². The molecular formula is C20H24Cl2N4O. The Hall–Kier alpha value is -1.98. The average molecular weight is 407 g/mol. The van der Waals surface area contributed by atoms with Crippen molar-refractivity contribution in [2.45, 2.75) is 38.6 Å². The third-order valence-electron chi connectivity index (χ3n) is 4.53. The van der Waals surface area contributed by atoms with Crippen molar-refractivity contribution >= 4 is 35.1 Å². The van der Waals surface area contributed by atoms with E-state index >= 15 is 0 Å². The van der Waals surface area contributed by atoms with Crippen LogP contribution in [0.15, 0.2) is 30.3 Å². The van der Waals surface area contributed by atoms with Gasteiger partial charge in [-0.15, -0.1) is 0 Å². The largest absolute Gasteiger partial charge is 0.370 e. The van der Waals surface area contributed by atoms with Gasteiger partial charge in [0.15, 0.2) is 0 Å². The lowest BCUT2D eigenvalue weighted by Crippen LogP contribution is -2.35. The van der Waals surface area contributed by atoms with Crippen molar-refractivity contribution in [3.63, 3.8) is 0 Å². The van der Waals surface area contributed by atoms with E-state index in [1.54, 1.807) is 12.1 Å². The third-order valence-corrected chi connectivity index (χ3v) is 5.27. The van der Waals surface area contributed by atoms with Crippen LogP contribution in [0.25, 0.3) is 0 Å². The molecule has 1 aliphatic heterocycles. The fourth-order valence-electron chi connectivity index (χ4n) is 3.04. The second-order valence-corrected chi connectivity index (χ2v) is 7.47. The number of unbranched alkanes of at least 4 members (excludes halogenated alkanes) is 1. The standard InChI is InChI=1S/C20H24Cl2N4O/c21-17-9-6-14(12-18(17)22)13-25-20(27)24-10-2-1-5-16-8-7-15-4-3-11-23-19(15)26-16/h6-9,12H,1-5,10-11,13H2,(H,23,26)(H2,24,25,27). The van der Waals surface area contributed by atoms with Crippen LogP contribution >= 0.6 is 23.2 Å². The van der Waals surface area contributed by atoms with Crippen molar-refractivity contribution in [1.29, 1.82) is 0 Å². The van der Waals surface area contributed by atoms with Crippen molar-refractivity contribution in [3.8, 4) is 0 Å². The van der Waals surface area contributed by atoms with Crippen LogP contribution in [0.4, 0.5) is 10.6 Å². The maximum absolute atomic E-state index is 11.9. The van der Waals surface area contributed by atoms with Gasteiger partial charge in [-0.05, 0) is 61.4 Å². The van der Waals surface area contributed by atoms with E-state index in [2.05, 4.69) is 28.1 Å². The molecule has 7 heteroatoms. The van der Waals surface area contributed by atoms with Crippen LogP contribution in [0.2, 0.25) is 10.0 Å². The fourth-order valence-corrected chi connectivity index (χ4v) is 3.36. The Morgan fingerprint density at radius 2 is 2.00 bits per heavy atom. The van der Waals surface area contributed by atoms with Crippen LogP contribution in [-0.2, 0) is 19.4 Å². The Morgan fingerprint density at radius 1 is 1.11 bits per heavy atom. The van der Waals surface area contributed by atoms with Gasteiger partial charge in [-0.3, -0.25) is 0 Å². The summed E-state index contributed by atoms with van der Waals surface area (Å²) in [5, 5.41) is 10.0. The molecule has 0 saturated carbocycles. The highest BCUT2D eigenvalue weighted by molar-refractivity contribution is 6.42. The molecule has 0 saturated heterocycles. The molecule has 0 fully saturated rings. The van der Waals surface area contributed by atoms with Crippen LogP contribution in [0.5, 0.6) is 0 Å². The lowest BCUT2D eigenvalue weighted by atomic mass is 10.1. The summed E-state index contributed by atoms with van der Waals surface area (Å²) in [4.78, 5) is 16.6. The first-order chi connectivity index (χ1) is 13.1. The van der Waals surface area contributed by atoms with Crippen LogP contribution in [-0.4, -0.2) is 24.1 Å². The molecule has 2 amide bonds. The molecule has 27 heavy (non-hydrogen) atoms. The summed E-state index contributed by atoms with van der Waals surface area (Å²) in [5.74, 6) is 1.04. The normalized spacial score (nSPS) is 12.8. The van der Waals surface area contributed by atoms with Gasteiger partial charge in [0.1, 0.15) is 5.82 Å². The molecule has 0 unspecified atom stereocenters. The summed E-state index contributed by atoms with van der Waals surface area (Å²) < 4.78 is 0. The number of nitrogens with one attached hydrogen (secondary N) is 3. The zero-order valence-electron chi connectivity index (χ0n) is 15.2. The van der Waals surface area contributed by atoms with Gasteiger partial charge >= 0.3 is 6.03 Å². The van der Waals surface area contributed by atoms with Gasteiger partial charge in [-0.1, -0.05) is 35.3 Å². The number of hydrogen-bond donors (Lipinski definition) is 3. The number of nitrogens with zero attached hydrogens (tertiary/aromatic N) is 1. The second-order valence-electron chi connectivity index (χ2n) is 6.66. The molecule has 2 heterocycles. The predicted octanol–water partition coefficient (Wildman–Crippen LogP) is 4.57. The van der Waals surface area contributed by atoms with Crippen LogP contribution in [0, 0.1) is 0 Å². The van der Waals surface area contributed by atoms with Gasteiger partial charge in [0.2, 0.25) is 0 Å². The average Bonchev–Trinajstić information content (AvgIpc) is 2.68. The minimum Gasteiger partial charge on any atom is -0.370 e. The summed E-state index contributed by atoms with van der Waals surface area (Å²) in [7, 11) is 0. The molecule has 0 spiro atoms. The predicted molar refractivity (Wildman–Crippen MR) is 111 cm³/mol.